The van der Waals surface area contributed by atoms with Crippen LogP contribution in [-0.4, -0.2) is 25.2 Å². The lowest BCUT2D eigenvalue weighted by Gasteiger charge is -2.09. The van der Waals surface area contributed by atoms with Gasteiger partial charge in [-0.2, -0.15) is 0 Å². The molecule has 100 valence electrons. The molecule has 0 saturated carbocycles. The van der Waals surface area contributed by atoms with E-state index in [1.165, 1.54) is 19.1 Å². The summed E-state index contributed by atoms with van der Waals surface area (Å²) < 4.78 is 23.6. The third-order valence-corrected chi connectivity index (χ3v) is 4.66. The first kappa shape index (κ1) is 15.3. The van der Waals surface area contributed by atoms with Crippen molar-refractivity contribution in [3.8, 4) is 0 Å². The molecule has 0 bridgehead atoms. The molecule has 0 aliphatic heterocycles. The second-order valence-electron chi connectivity index (χ2n) is 4.03. The van der Waals surface area contributed by atoms with Gasteiger partial charge in [0, 0.05) is 10.0 Å². The Morgan fingerprint density at radius 3 is 2.50 bits per heavy atom. The van der Waals surface area contributed by atoms with Gasteiger partial charge in [0.15, 0.2) is 9.84 Å². The van der Waals surface area contributed by atoms with Crippen molar-refractivity contribution in [3.63, 3.8) is 0 Å². The number of sulfone groups is 1. The Balaban J connectivity index is 2.86. The molecular weight excluding hydrogens is 299 g/mol. The highest BCUT2D eigenvalue weighted by Crippen LogP contribution is 2.23. The van der Waals surface area contributed by atoms with E-state index in [1.54, 1.807) is 6.07 Å². The van der Waals surface area contributed by atoms with E-state index in [4.69, 9.17) is 28.3 Å². The molecule has 0 aromatic heterocycles. The van der Waals surface area contributed by atoms with Gasteiger partial charge >= 0.3 is 5.97 Å². The molecule has 0 amide bonds. The first-order chi connectivity index (χ1) is 8.21. The Labute approximate surface area is 115 Å². The van der Waals surface area contributed by atoms with Crippen molar-refractivity contribution in [2.45, 2.75) is 12.7 Å². The van der Waals surface area contributed by atoms with Gasteiger partial charge in [-0.3, -0.25) is 4.79 Å². The van der Waals surface area contributed by atoms with Crippen molar-refractivity contribution in [1.29, 1.82) is 0 Å². The zero-order valence-electron chi connectivity index (χ0n) is 9.56. The number of carboxylic acid groups (broad SMARTS) is 1. The average Bonchev–Trinajstić information content (AvgIpc) is 2.21. The second kappa shape index (κ2) is 5.91. The number of hydrogen-bond donors (Lipinski definition) is 1. The van der Waals surface area contributed by atoms with Crippen molar-refractivity contribution in [3.05, 3.63) is 33.8 Å². The van der Waals surface area contributed by atoms with Crippen LogP contribution >= 0.6 is 23.2 Å². The Morgan fingerprint density at radius 2 is 2.00 bits per heavy atom. The fourth-order valence-electron chi connectivity index (χ4n) is 1.39. The summed E-state index contributed by atoms with van der Waals surface area (Å²) in [5.74, 6) is -2.79. The van der Waals surface area contributed by atoms with Crippen molar-refractivity contribution in [2.24, 2.45) is 5.92 Å². The lowest BCUT2D eigenvalue weighted by atomic mass is 10.2. The van der Waals surface area contributed by atoms with Gasteiger partial charge in [-0.05, 0) is 17.7 Å². The average molecular weight is 311 g/mol. The summed E-state index contributed by atoms with van der Waals surface area (Å²) in [5.41, 5.74) is 0.415. The summed E-state index contributed by atoms with van der Waals surface area (Å²) in [4.78, 5) is 10.6. The van der Waals surface area contributed by atoms with Gasteiger partial charge in [-0.25, -0.2) is 8.42 Å². The second-order valence-corrected chi connectivity index (χ2v) is 6.98. The number of rotatable bonds is 5. The summed E-state index contributed by atoms with van der Waals surface area (Å²) in [7, 11) is -3.52. The maximum Gasteiger partial charge on any atom is 0.307 e. The zero-order valence-corrected chi connectivity index (χ0v) is 11.9. The quantitative estimate of drug-likeness (QED) is 0.907. The van der Waals surface area contributed by atoms with Gasteiger partial charge in [0.25, 0.3) is 0 Å². The van der Waals surface area contributed by atoms with Crippen LogP contribution in [0.5, 0.6) is 0 Å². The lowest BCUT2D eigenvalue weighted by Crippen LogP contribution is -2.22. The van der Waals surface area contributed by atoms with Crippen LogP contribution in [0.1, 0.15) is 12.5 Å². The standard InChI is InChI=1S/C11H12Cl2O4S/c1-7(11(14)15)5-18(16,17)6-8-2-3-9(12)4-10(8)13/h2-4,7H,5-6H2,1H3,(H,14,15). The fraction of sp³-hybridized carbons (Fsp3) is 0.364. The molecular formula is C11H12Cl2O4S. The third kappa shape index (κ3) is 4.48. The molecule has 0 aliphatic rings. The summed E-state index contributed by atoms with van der Waals surface area (Å²) >= 11 is 11.6. The summed E-state index contributed by atoms with van der Waals surface area (Å²) in [5, 5.41) is 9.37. The Hall–Kier alpha value is -0.780. The van der Waals surface area contributed by atoms with Crippen LogP contribution in [-0.2, 0) is 20.4 Å². The number of carboxylic acids is 1. The van der Waals surface area contributed by atoms with Gasteiger partial charge in [-0.15, -0.1) is 0 Å². The molecule has 1 unspecified atom stereocenters. The predicted octanol–water partition coefficient (Wildman–Crippen LogP) is 2.63. The van der Waals surface area contributed by atoms with E-state index in [9.17, 15) is 13.2 Å². The predicted molar refractivity (Wildman–Crippen MR) is 70.8 cm³/mol. The van der Waals surface area contributed by atoms with E-state index in [0.29, 0.717) is 10.6 Å². The molecule has 1 aromatic carbocycles. The molecule has 4 nitrogen and oxygen atoms in total. The minimum absolute atomic E-state index is 0.258. The van der Waals surface area contributed by atoms with Crippen molar-refractivity contribution >= 4 is 39.0 Å². The molecule has 18 heavy (non-hydrogen) atoms. The Bertz CT molecular complexity index is 554. The smallest absolute Gasteiger partial charge is 0.307 e. The van der Waals surface area contributed by atoms with Crippen molar-refractivity contribution in [1.82, 2.24) is 0 Å². The highest BCUT2D eigenvalue weighted by atomic mass is 35.5. The Morgan fingerprint density at radius 1 is 1.39 bits per heavy atom. The van der Waals surface area contributed by atoms with E-state index in [1.807, 2.05) is 0 Å². The van der Waals surface area contributed by atoms with Crippen LogP contribution < -0.4 is 0 Å². The maximum atomic E-state index is 11.8. The largest absolute Gasteiger partial charge is 0.481 e. The van der Waals surface area contributed by atoms with Crippen LogP contribution in [0.3, 0.4) is 0 Å². The van der Waals surface area contributed by atoms with Crippen LogP contribution in [0.25, 0.3) is 0 Å². The van der Waals surface area contributed by atoms with E-state index >= 15 is 0 Å². The molecule has 1 aromatic rings. The zero-order chi connectivity index (χ0) is 13.9. The molecule has 0 fully saturated rings. The SMILES string of the molecule is CC(CS(=O)(=O)Cc1ccc(Cl)cc1Cl)C(=O)O. The Kier molecular flexibility index (Phi) is 5.01. The highest BCUT2D eigenvalue weighted by molar-refractivity contribution is 7.90. The maximum absolute atomic E-state index is 11.8. The van der Waals surface area contributed by atoms with Crippen LogP contribution in [0, 0.1) is 5.92 Å². The lowest BCUT2D eigenvalue weighted by molar-refractivity contribution is -0.140. The normalized spacial score (nSPS) is 13.3. The molecule has 7 heteroatoms. The number of halogens is 2. The molecule has 1 rings (SSSR count). The van der Waals surface area contributed by atoms with Gasteiger partial charge in [0.05, 0.1) is 17.4 Å². The van der Waals surface area contributed by atoms with E-state index in [-0.39, 0.29) is 10.8 Å². The van der Waals surface area contributed by atoms with Gasteiger partial charge < -0.3 is 5.11 Å². The molecule has 0 spiro atoms. The molecule has 0 saturated heterocycles. The summed E-state index contributed by atoms with van der Waals surface area (Å²) in [6, 6.07) is 4.52. The minimum Gasteiger partial charge on any atom is -0.481 e. The van der Waals surface area contributed by atoms with Crippen LogP contribution in [0.2, 0.25) is 10.0 Å². The molecule has 0 radical (unpaired) electrons. The van der Waals surface area contributed by atoms with Gasteiger partial charge in [0.1, 0.15) is 0 Å². The topological polar surface area (TPSA) is 71.4 Å². The number of benzene rings is 1. The molecule has 0 aliphatic carbocycles. The number of carbonyl (C=O) groups is 1. The highest BCUT2D eigenvalue weighted by Gasteiger charge is 2.22. The first-order valence-corrected chi connectivity index (χ1v) is 7.66. The number of aliphatic carboxylic acids is 1. The first-order valence-electron chi connectivity index (χ1n) is 5.08. The van der Waals surface area contributed by atoms with E-state index in [2.05, 4.69) is 0 Å². The van der Waals surface area contributed by atoms with Crippen LogP contribution in [0.4, 0.5) is 0 Å². The molecule has 1 N–H and O–H groups in total. The monoisotopic (exact) mass is 310 g/mol. The van der Waals surface area contributed by atoms with Crippen molar-refractivity contribution < 1.29 is 18.3 Å². The molecule has 1 atom stereocenters. The van der Waals surface area contributed by atoms with Crippen molar-refractivity contribution in [2.75, 3.05) is 5.75 Å². The third-order valence-electron chi connectivity index (χ3n) is 2.32. The summed E-state index contributed by atoms with van der Waals surface area (Å²) in [6.45, 7) is 1.35. The molecule has 0 heterocycles. The summed E-state index contributed by atoms with van der Waals surface area (Å²) in [6.07, 6.45) is 0. The van der Waals surface area contributed by atoms with Gasteiger partial charge in [-0.1, -0.05) is 36.2 Å². The minimum atomic E-state index is -3.52. The fourth-order valence-corrected chi connectivity index (χ4v) is 3.69. The van der Waals surface area contributed by atoms with E-state index < -0.39 is 27.5 Å². The van der Waals surface area contributed by atoms with E-state index in [0.717, 1.165) is 0 Å². The van der Waals surface area contributed by atoms with Gasteiger partial charge in [0.2, 0.25) is 0 Å². The van der Waals surface area contributed by atoms with Crippen LogP contribution in [0.15, 0.2) is 18.2 Å². The number of hydrogen-bond acceptors (Lipinski definition) is 3.